The van der Waals surface area contributed by atoms with Gasteiger partial charge in [0.25, 0.3) is 6.43 Å². The van der Waals surface area contributed by atoms with Gasteiger partial charge in [0, 0.05) is 23.2 Å². The standard InChI is InChI=1S/C9H7ClF2INO2/c10-2-4-3-14-9(13)5(1-6(15)16)7(4)8(11)12/h3,8H,1-2H2,(H,15,16). The van der Waals surface area contributed by atoms with Crippen molar-refractivity contribution in [2.24, 2.45) is 0 Å². The average Bonchev–Trinajstić information content (AvgIpc) is 2.19. The topological polar surface area (TPSA) is 50.2 Å². The fraction of sp³-hybridized carbons (Fsp3) is 0.333. The summed E-state index contributed by atoms with van der Waals surface area (Å²) in [4.78, 5) is 14.4. The molecule has 0 aliphatic carbocycles. The third-order valence-corrected chi connectivity index (χ3v) is 3.16. The van der Waals surface area contributed by atoms with Gasteiger partial charge in [-0.15, -0.1) is 11.6 Å². The van der Waals surface area contributed by atoms with Crippen LogP contribution in [0.25, 0.3) is 0 Å². The molecule has 0 radical (unpaired) electrons. The lowest BCUT2D eigenvalue weighted by Gasteiger charge is -2.12. The molecule has 0 unspecified atom stereocenters. The van der Waals surface area contributed by atoms with Crippen molar-refractivity contribution in [2.45, 2.75) is 18.7 Å². The number of aromatic nitrogens is 1. The molecule has 1 aromatic heterocycles. The van der Waals surface area contributed by atoms with Crippen molar-refractivity contribution in [3.8, 4) is 0 Å². The highest BCUT2D eigenvalue weighted by atomic mass is 127. The zero-order valence-electron chi connectivity index (χ0n) is 7.88. The molecule has 1 rings (SSSR count). The Balaban J connectivity index is 3.35. The molecular weight excluding hydrogens is 354 g/mol. The van der Waals surface area contributed by atoms with Crippen LogP contribution in [0.5, 0.6) is 0 Å². The summed E-state index contributed by atoms with van der Waals surface area (Å²) in [5.41, 5.74) is -0.0913. The molecule has 1 N–H and O–H groups in total. The molecule has 0 atom stereocenters. The number of halogens is 4. The van der Waals surface area contributed by atoms with Gasteiger partial charge >= 0.3 is 5.97 Å². The lowest BCUT2D eigenvalue weighted by molar-refractivity contribution is -0.136. The Morgan fingerprint density at radius 3 is 2.69 bits per heavy atom. The molecule has 88 valence electrons. The molecule has 0 aliphatic heterocycles. The van der Waals surface area contributed by atoms with Crippen molar-refractivity contribution in [2.75, 3.05) is 0 Å². The summed E-state index contributed by atoms with van der Waals surface area (Å²) in [5, 5.41) is 8.65. The zero-order valence-corrected chi connectivity index (χ0v) is 10.8. The molecule has 0 saturated carbocycles. The van der Waals surface area contributed by atoms with Crippen molar-refractivity contribution in [1.82, 2.24) is 4.98 Å². The first kappa shape index (κ1) is 13.6. The molecule has 0 spiro atoms. The maximum atomic E-state index is 12.8. The number of carbonyl (C=O) groups is 1. The maximum absolute atomic E-state index is 12.8. The smallest absolute Gasteiger partial charge is 0.307 e. The minimum atomic E-state index is -2.75. The van der Waals surface area contributed by atoms with Crippen molar-refractivity contribution in [1.29, 1.82) is 0 Å². The summed E-state index contributed by atoms with van der Waals surface area (Å²) in [6.45, 7) is 0. The molecule has 1 heterocycles. The molecule has 0 saturated heterocycles. The second-order valence-electron chi connectivity index (χ2n) is 2.97. The fourth-order valence-corrected chi connectivity index (χ4v) is 2.12. The molecule has 16 heavy (non-hydrogen) atoms. The molecule has 0 amide bonds. The molecular formula is C9H7ClF2INO2. The zero-order chi connectivity index (χ0) is 12.3. The SMILES string of the molecule is O=C(O)Cc1c(I)ncc(CCl)c1C(F)F. The summed E-state index contributed by atoms with van der Waals surface area (Å²) < 4.78 is 25.9. The minimum absolute atomic E-state index is 0.0428. The van der Waals surface area contributed by atoms with Crippen molar-refractivity contribution in [3.63, 3.8) is 0 Å². The van der Waals surface area contributed by atoms with E-state index in [1.165, 1.54) is 6.20 Å². The van der Waals surface area contributed by atoms with Gasteiger partial charge in [-0.3, -0.25) is 4.79 Å². The number of rotatable bonds is 4. The maximum Gasteiger partial charge on any atom is 0.307 e. The van der Waals surface area contributed by atoms with Crippen LogP contribution in [0.3, 0.4) is 0 Å². The van der Waals surface area contributed by atoms with E-state index in [9.17, 15) is 13.6 Å². The second-order valence-corrected chi connectivity index (χ2v) is 4.26. The largest absolute Gasteiger partial charge is 0.481 e. The van der Waals surface area contributed by atoms with Gasteiger partial charge in [-0.05, 0) is 28.2 Å². The highest BCUT2D eigenvalue weighted by molar-refractivity contribution is 14.1. The Labute approximate surface area is 109 Å². The van der Waals surface area contributed by atoms with E-state index in [-0.39, 0.29) is 26.3 Å². The van der Waals surface area contributed by atoms with Gasteiger partial charge in [0.2, 0.25) is 0 Å². The molecule has 0 aliphatic rings. The average molecular weight is 362 g/mol. The summed E-state index contributed by atoms with van der Waals surface area (Å²) in [7, 11) is 0. The second kappa shape index (κ2) is 5.72. The van der Waals surface area contributed by atoms with Gasteiger partial charge < -0.3 is 5.11 Å². The van der Waals surface area contributed by atoms with E-state index < -0.39 is 18.8 Å². The first-order chi connectivity index (χ1) is 7.47. The molecule has 0 bridgehead atoms. The van der Waals surface area contributed by atoms with E-state index in [1.54, 1.807) is 22.6 Å². The highest BCUT2D eigenvalue weighted by Gasteiger charge is 2.22. The number of hydrogen-bond acceptors (Lipinski definition) is 2. The Kier molecular flexibility index (Phi) is 4.85. The van der Waals surface area contributed by atoms with E-state index in [0.29, 0.717) is 0 Å². The number of nitrogens with zero attached hydrogens (tertiary/aromatic N) is 1. The van der Waals surface area contributed by atoms with Crippen LogP contribution in [0.2, 0.25) is 0 Å². The third-order valence-electron chi connectivity index (χ3n) is 1.94. The van der Waals surface area contributed by atoms with Crippen LogP contribution in [0.4, 0.5) is 8.78 Å². The molecule has 7 heteroatoms. The summed E-state index contributed by atoms with van der Waals surface area (Å²) in [5.74, 6) is -1.29. The number of alkyl halides is 3. The molecule has 1 aromatic rings. The third kappa shape index (κ3) is 3.00. The summed E-state index contributed by atoms with van der Waals surface area (Å²) >= 11 is 7.25. The van der Waals surface area contributed by atoms with Gasteiger partial charge in [-0.2, -0.15) is 0 Å². The van der Waals surface area contributed by atoms with E-state index in [0.717, 1.165) is 0 Å². The van der Waals surface area contributed by atoms with Crippen LogP contribution in [-0.2, 0) is 17.1 Å². The van der Waals surface area contributed by atoms with E-state index in [2.05, 4.69) is 4.98 Å². The van der Waals surface area contributed by atoms with Crippen molar-refractivity contribution in [3.05, 3.63) is 26.6 Å². The Hall–Kier alpha value is -0.500. The first-order valence-electron chi connectivity index (χ1n) is 4.19. The monoisotopic (exact) mass is 361 g/mol. The quantitative estimate of drug-likeness (QED) is 0.510. The summed E-state index contributed by atoms with van der Waals surface area (Å²) in [6, 6.07) is 0. The Morgan fingerprint density at radius 1 is 1.62 bits per heavy atom. The lowest BCUT2D eigenvalue weighted by atomic mass is 10.0. The fourth-order valence-electron chi connectivity index (χ4n) is 1.28. The number of pyridine rings is 1. The van der Waals surface area contributed by atoms with E-state index in [4.69, 9.17) is 16.7 Å². The van der Waals surface area contributed by atoms with Gasteiger partial charge in [0.1, 0.15) is 3.70 Å². The van der Waals surface area contributed by atoms with E-state index in [1.807, 2.05) is 0 Å². The van der Waals surface area contributed by atoms with Crippen LogP contribution in [0.1, 0.15) is 23.1 Å². The Bertz CT molecular complexity index is 415. The van der Waals surface area contributed by atoms with Crippen molar-refractivity contribution < 1.29 is 18.7 Å². The van der Waals surface area contributed by atoms with Crippen LogP contribution in [-0.4, -0.2) is 16.1 Å². The van der Waals surface area contributed by atoms with E-state index >= 15 is 0 Å². The normalized spacial score (nSPS) is 10.8. The highest BCUT2D eigenvalue weighted by Crippen LogP contribution is 2.30. The summed E-state index contributed by atoms with van der Waals surface area (Å²) in [6.07, 6.45) is -1.98. The number of carboxylic acids is 1. The molecule has 0 fully saturated rings. The van der Waals surface area contributed by atoms with Crippen LogP contribution in [0.15, 0.2) is 6.20 Å². The van der Waals surface area contributed by atoms with Crippen LogP contribution >= 0.6 is 34.2 Å². The number of aliphatic carboxylic acids is 1. The van der Waals surface area contributed by atoms with Gasteiger partial charge in [0.05, 0.1) is 6.42 Å². The van der Waals surface area contributed by atoms with Crippen LogP contribution < -0.4 is 0 Å². The van der Waals surface area contributed by atoms with Crippen molar-refractivity contribution >= 4 is 40.2 Å². The minimum Gasteiger partial charge on any atom is -0.481 e. The predicted octanol–water partition coefficient (Wildman–Crippen LogP) is 2.99. The molecule has 3 nitrogen and oxygen atoms in total. The van der Waals surface area contributed by atoms with Gasteiger partial charge in [-0.25, -0.2) is 13.8 Å². The Morgan fingerprint density at radius 2 is 2.25 bits per heavy atom. The lowest BCUT2D eigenvalue weighted by Crippen LogP contribution is -2.10. The number of hydrogen-bond donors (Lipinski definition) is 1. The van der Waals surface area contributed by atoms with Gasteiger partial charge in [0.15, 0.2) is 0 Å². The molecule has 0 aromatic carbocycles. The first-order valence-corrected chi connectivity index (χ1v) is 5.80. The predicted molar refractivity (Wildman–Crippen MR) is 62.8 cm³/mol. The van der Waals surface area contributed by atoms with Gasteiger partial charge in [-0.1, -0.05) is 0 Å². The van der Waals surface area contributed by atoms with Crippen LogP contribution in [0, 0.1) is 3.70 Å². The number of carboxylic acid groups (broad SMARTS) is 1.